The molecule has 0 saturated heterocycles. The summed E-state index contributed by atoms with van der Waals surface area (Å²) in [6.45, 7) is 14.5. The smallest absolute Gasteiger partial charge is 0.0323 e. The van der Waals surface area contributed by atoms with Crippen molar-refractivity contribution in [2.24, 2.45) is 29.1 Å². The van der Waals surface area contributed by atoms with Gasteiger partial charge in [-0.3, -0.25) is 0 Å². The molecule has 1 saturated carbocycles. The van der Waals surface area contributed by atoms with E-state index in [0.717, 1.165) is 23.7 Å². The molecule has 0 aromatic carbocycles. The van der Waals surface area contributed by atoms with E-state index in [9.17, 15) is 0 Å². The van der Waals surface area contributed by atoms with Gasteiger partial charge in [-0.15, -0.1) is 0 Å². The topological polar surface area (TPSA) is 0 Å². The summed E-state index contributed by atoms with van der Waals surface area (Å²) < 4.78 is 0. The lowest BCUT2D eigenvalue weighted by molar-refractivity contribution is -0.0443. The van der Waals surface area contributed by atoms with Gasteiger partial charge in [-0.25, -0.2) is 0 Å². The van der Waals surface area contributed by atoms with Crippen LogP contribution in [-0.4, -0.2) is 0 Å². The summed E-state index contributed by atoms with van der Waals surface area (Å²) in [5.41, 5.74) is 0.614. The summed E-state index contributed by atoms with van der Waals surface area (Å²) >= 11 is 0. The molecule has 0 aliphatic heterocycles. The van der Waals surface area contributed by atoms with Crippen LogP contribution >= 0.6 is 0 Å². The van der Waals surface area contributed by atoms with Gasteiger partial charge in [0.1, 0.15) is 0 Å². The predicted molar refractivity (Wildman–Crippen MR) is 68.9 cm³/mol. The Balaban J connectivity index is 2.38. The van der Waals surface area contributed by atoms with E-state index < -0.39 is 0 Å². The van der Waals surface area contributed by atoms with Gasteiger partial charge in [0.25, 0.3) is 0 Å². The molecule has 0 radical (unpaired) electrons. The largest absolute Gasteiger partial charge is 0.0654 e. The van der Waals surface area contributed by atoms with Crippen molar-refractivity contribution in [3.05, 3.63) is 0 Å². The molecule has 1 rings (SSSR count). The van der Waals surface area contributed by atoms with Crippen LogP contribution in [0.2, 0.25) is 0 Å². The van der Waals surface area contributed by atoms with E-state index >= 15 is 0 Å². The van der Waals surface area contributed by atoms with Gasteiger partial charge in [0.2, 0.25) is 0 Å². The lowest BCUT2D eigenvalue weighted by Gasteiger charge is -2.54. The van der Waals surface area contributed by atoms with Crippen molar-refractivity contribution >= 4 is 0 Å². The summed E-state index contributed by atoms with van der Waals surface area (Å²) in [7, 11) is 0. The molecule has 1 aliphatic rings. The highest BCUT2D eigenvalue weighted by molar-refractivity contribution is 4.96. The highest BCUT2D eigenvalue weighted by Gasteiger charge is 2.46. The first-order valence-corrected chi connectivity index (χ1v) is 6.90. The molecule has 0 aromatic rings. The first-order chi connectivity index (χ1) is 6.90. The summed E-state index contributed by atoms with van der Waals surface area (Å²) in [5, 5.41) is 0. The number of unbranched alkanes of at least 4 members (excludes halogenated alkanes) is 1. The van der Waals surface area contributed by atoms with Gasteiger partial charge in [-0.2, -0.15) is 0 Å². The fourth-order valence-electron chi connectivity index (χ4n) is 3.24. The molecule has 0 heteroatoms. The zero-order valence-corrected chi connectivity index (χ0v) is 11.6. The van der Waals surface area contributed by atoms with E-state index in [-0.39, 0.29) is 0 Å². The van der Waals surface area contributed by atoms with Gasteiger partial charge in [-0.05, 0) is 35.5 Å². The van der Waals surface area contributed by atoms with Crippen LogP contribution in [0.25, 0.3) is 0 Å². The average Bonchev–Trinajstić information content (AvgIpc) is 2.21. The molecule has 0 heterocycles. The molecule has 0 amide bonds. The number of rotatable bonds is 5. The normalized spacial score (nSPS) is 33.2. The average molecular weight is 210 g/mol. The zero-order valence-electron chi connectivity index (χ0n) is 11.6. The molecule has 1 aliphatic carbocycles. The maximum absolute atomic E-state index is 2.48. The summed E-state index contributed by atoms with van der Waals surface area (Å²) in [4.78, 5) is 0. The first kappa shape index (κ1) is 13.1. The third kappa shape index (κ3) is 2.77. The summed E-state index contributed by atoms with van der Waals surface area (Å²) in [6.07, 6.45) is 5.64. The molecule has 0 spiro atoms. The van der Waals surface area contributed by atoms with E-state index in [0.29, 0.717) is 5.41 Å². The highest BCUT2D eigenvalue weighted by Crippen LogP contribution is 2.54. The minimum Gasteiger partial charge on any atom is -0.0654 e. The Morgan fingerprint density at radius 2 is 1.87 bits per heavy atom. The zero-order chi connectivity index (χ0) is 11.6. The van der Waals surface area contributed by atoms with Gasteiger partial charge < -0.3 is 0 Å². The van der Waals surface area contributed by atoms with E-state index in [1.54, 1.807) is 0 Å². The lowest BCUT2D eigenvalue weighted by atomic mass is 9.52. The van der Waals surface area contributed by atoms with E-state index in [2.05, 4.69) is 41.5 Å². The Morgan fingerprint density at radius 1 is 1.27 bits per heavy atom. The third-order valence-electron chi connectivity index (χ3n) is 5.22. The molecule has 90 valence electrons. The van der Waals surface area contributed by atoms with Crippen molar-refractivity contribution in [3.63, 3.8) is 0 Å². The molecule has 4 unspecified atom stereocenters. The Labute approximate surface area is 96.8 Å². The van der Waals surface area contributed by atoms with Crippen LogP contribution in [0.5, 0.6) is 0 Å². The lowest BCUT2D eigenvalue weighted by Crippen LogP contribution is -2.46. The fraction of sp³-hybridized carbons (Fsp3) is 1.00. The molecule has 0 aromatic heterocycles. The molecule has 0 nitrogen and oxygen atoms in total. The maximum Gasteiger partial charge on any atom is -0.0323 e. The predicted octanol–water partition coefficient (Wildman–Crippen LogP) is 5.13. The Kier molecular flexibility index (Phi) is 4.26. The van der Waals surface area contributed by atoms with Gasteiger partial charge in [-0.1, -0.05) is 60.8 Å². The van der Waals surface area contributed by atoms with Crippen LogP contribution in [0.3, 0.4) is 0 Å². The fourth-order valence-corrected chi connectivity index (χ4v) is 3.24. The van der Waals surface area contributed by atoms with Gasteiger partial charge in [0.15, 0.2) is 0 Å². The molecule has 15 heavy (non-hydrogen) atoms. The molecule has 1 fully saturated rings. The van der Waals surface area contributed by atoms with Crippen molar-refractivity contribution in [1.82, 2.24) is 0 Å². The Bertz CT molecular complexity index is 192. The second-order valence-electron chi connectivity index (χ2n) is 6.62. The van der Waals surface area contributed by atoms with Crippen LogP contribution in [0, 0.1) is 29.1 Å². The van der Waals surface area contributed by atoms with Crippen LogP contribution < -0.4 is 0 Å². The minimum absolute atomic E-state index is 0.614. The van der Waals surface area contributed by atoms with E-state index in [1.807, 2.05) is 0 Å². The van der Waals surface area contributed by atoms with Gasteiger partial charge >= 0.3 is 0 Å². The minimum atomic E-state index is 0.614. The van der Waals surface area contributed by atoms with E-state index in [4.69, 9.17) is 0 Å². The maximum atomic E-state index is 2.48. The first-order valence-electron chi connectivity index (χ1n) is 6.90. The third-order valence-corrected chi connectivity index (χ3v) is 5.22. The van der Waals surface area contributed by atoms with Crippen LogP contribution in [-0.2, 0) is 0 Å². The highest BCUT2D eigenvalue weighted by atomic mass is 14.5. The monoisotopic (exact) mass is 210 g/mol. The van der Waals surface area contributed by atoms with Crippen molar-refractivity contribution in [2.45, 2.75) is 67.2 Å². The second kappa shape index (κ2) is 4.89. The van der Waals surface area contributed by atoms with Gasteiger partial charge in [0.05, 0.1) is 0 Å². The van der Waals surface area contributed by atoms with Crippen LogP contribution in [0.4, 0.5) is 0 Å². The number of hydrogen-bond acceptors (Lipinski definition) is 0. The summed E-state index contributed by atoms with van der Waals surface area (Å²) in [6, 6.07) is 0. The van der Waals surface area contributed by atoms with Crippen molar-refractivity contribution < 1.29 is 0 Å². The Hall–Kier alpha value is 0. The van der Waals surface area contributed by atoms with Crippen molar-refractivity contribution in [2.75, 3.05) is 0 Å². The van der Waals surface area contributed by atoms with Crippen molar-refractivity contribution in [1.29, 1.82) is 0 Å². The number of hydrogen-bond donors (Lipinski definition) is 0. The molecule has 4 atom stereocenters. The van der Waals surface area contributed by atoms with E-state index in [1.165, 1.54) is 25.7 Å². The molecular formula is C15H30. The van der Waals surface area contributed by atoms with Gasteiger partial charge in [0, 0.05) is 0 Å². The standard InChI is InChI=1S/C15H30/c1-7-8-9-11(2)12(3)14-10-15(5,6)13(14)4/h11-14H,7-10H2,1-6H3. The SMILES string of the molecule is CCCCC(C)C(C)C1CC(C)(C)C1C. The second-order valence-corrected chi connectivity index (χ2v) is 6.62. The molecule has 0 bridgehead atoms. The van der Waals surface area contributed by atoms with Crippen LogP contribution in [0.15, 0.2) is 0 Å². The quantitative estimate of drug-likeness (QED) is 0.590. The molecular weight excluding hydrogens is 180 g/mol. The Morgan fingerprint density at radius 3 is 2.27 bits per heavy atom. The molecule has 0 N–H and O–H groups in total. The van der Waals surface area contributed by atoms with Crippen molar-refractivity contribution in [3.8, 4) is 0 Å². The van der Waals surface area contributed by atoms with Crippen LogP contribution in [0.1, 0.15) is 67.2 Å². The summed E-state index contributed by atoms with van der Waals surface area (Å²) in [5.74, 6) is 3.77.